The first kappa shape index (κ1) is 13.3. The van der Waals surface area contributed by atoms with Gasteiger partial charge in [-0.2, -0.15) is 0 Å². The summed E-state index contributed by atoms with van der Waals surface area (Å²) in [5.41, 5.74) is 2.33. The molecular formula is C16H12BrNOS. The molecule has 2 nitrogen and oxygen atoms in total. The summed E-state index contributed by atoms with van der Waals surface area (Å²) in [6.07, 6.45) is 1.82. The van der Waals surface area contributed by atoms with Gasteiger partial charge >= 0.3 is 0 Å². The molecule has 2 aromatic heterocycles. The summed E-state index contributed by atoms with van der Waals surface area (Å²) in [5, 5.41) is 2.07. The van der Waals surface area contributed by atoms with Gasteiger partial charge < -0.3 is 4.57 Å². The molecule has 0 saturated carbocycles. The van der Waals surface area contributed by atoms with E-state index in [9.17, 15) is 4.79 Å². The van der Waals surface area contributed by atoms with Crippen molar-refractivity contribution in [2.45, 2.75) is 6.54 Å². The van der Waals surface area contributed by atoms with Crippen LogP contribution in [0.3, 0.4) is 0 Å². The lowest BCUT2D eigenvalue weighted by Crippen LogP contribution is -2.18. The van der Waals surface area contributed by atoms with Crippen LogP contribution in [0, 0.1) is 0 Å². The zero-order chi connectivity index (χ0) is 13.9. The molecule has 0 bridgehead atoms. The molecule has 100 valence electrons. The first-order valence-corrected chi connectivity index (χ1v) is 7.88. The zero-order valence-electron chi connectivity index (χ0n) is 10.6. The summed E-state index contributed by atoms with van der Waals surface area (Å²) < 4.78 is 2.61. The Bertz CT molecular complexity index is 777. The summed E-state index contributed by atoms with van der Waals surface area (Å²) in [6.45, 7) is 0.581. The van der Waals surface area contributed by atoms with Gasteiger partial charge in [-0.25, -0.2) is 0 Å². The predicted octanol–water partition coefficient (Wildman–Crippen LogP) is 4.39. The van der Waals surface area contributed by atoms with E-state index in [4.69, 9.17) is 0 Å². The van der Waals surface area contributed by atoms with Gasteiger partial charge in [0.25, 0.3) is 5.56 Å². The Morgan fingerprint density at radius 3 is 2.80 bits per heavy atom. The first-order valence-electron chi connectivity index (χ1n) is 6.21. The highest BCUT2D eigenvalue weighted by atomic mass is 79.9. The van der Waals surface area contributed by atoms with Gasteiger partial charge in [0.05, 0.1) is 6.54 Å². The van der Waals surface area contributed by atoms with Crippen LogP contribution in [0.25, 0.3) is 10.4 Å². The standard InChI is InChI=1S/C16H12BrNOS/c17-14-6-7-16(19)18(11-14)10-12-3-1-4-13(9-12)15-5-2-8-20-15/h1-9,11H,10H2. The normalized spacial score (nSPS) is 10.7. The number of pyridine rings is 1. The summed E-state index contributed by atoms with van der Waals surface area (Å²) in [6, 6.07) is 15.8. The maximum atomic E-state index is 11.8. The number of thiophene rings is 1. The van der Waals surface area contributed by atoms with Gasteiger partial charge in [0.2, 0.25) is 0 Å². The van der Waals surface area contributed by atoms with Gasteiger partial charge in [0.15, 0.2) is 0 Å². The van der Waals surface area contributed by atoms with E-state index in [0.29, 0.717) is 6.54 Å². The molecule has 0 spiro atoms. The van der Waals surface area contributed by atoms with Gasteiger partial charge in [-0.1, -0.05) is 24.3 Å². The fourth-order valence-electron chi connectivity index (χ4n) is 2.09. The lowest BCUT2D eigenvalue weighted by atomic mass is 10.1. The fraction of sp³-hybridized carbons (Fsp3) is 0.0625. The molecule has 4 heteroatoms. The van der Waals surface area contributed by atoms with Crippen LogP contribution < -0.4 is 5.56 Å². The second kappa shape index (κ2) is 5.77. The number of benzene rings is 1. The molecule has 0 amide bonds. The molecule has 0 aliphatic carbocycles. The van der Waals surface area contributed by atoms with E-state index in [1.807, 2.05) is 24.4 Å². The van der Waals surface area contributed by atoms with Crippen molar-refractivity contribution in [1.82, 2.24) is 4.57 Å². The molecule has 0 saturated heterocycles. The van der Waals surface area contributed by atoms with Crippen LogP contribution in [0.15, 0.2) is 69.4 Å². The SMILES string of the molecule is O=c1ccc(Br)cn1Cc1cccc(-c2cccs2)c1. The molecule has 3 aromatic rings. The zero-order valence-corrected chi connectivity index (χ0v) is 13.0. The summed E-state index contributed by atoms with van der Waals surface area (Å²) >= 11 is 5.12. The van der Waals surface area contributed by atoms with Crippen LogP contribution in [0.2, 0.25) is 0 Å². The molecule has 0 radical (unpaired) electrons. The molecule has 0 atom stereocenters. The number of aromatic nitrogens is 1. The molecule has 0 N–H and O–H groups in total. The lowest BCUT2D eigenvalue weighted by molar-refractivity contribution is 0.756. The van der Waals surface area contributed by atoms with Crippen LogP contribution in [0.5, 0.6) is 0 Å². The van der Waals surface area contributed by atoms with Crippen molar-refractivity contribution in [2.75, 3.05) is 0 Å². The summed E-state index contributed by atoms with van der Waals surface area (Å²) in [4.78, 5) is 13.1. The Labute approximate surface area is 129 Å². The van der Waals surface area contributed by atoms with E-state index >= 15 is 0 Å². The largest absolute Gasteiger partial charge is 0.310 e. The highest BCUT2D eigenvalue weighted by molar-refractivity contribution is 9.10. The first-order chi connectivity index (χ1) is 9.72. The highest BCUT2D eigenvalue weighted by Gasteiger charge is 2.02. The van der Waals surface area contributed by atoms with E-state index in [0.717, 1.165) is 10.0 Å². The minimum atomic E-state index is 0.00901. The quantitative estimate of drug-likeness (QED) is 0.690. The second-order valence-corrected chi connectivity index (χ2v) is 6.35. The van der Waals surface area contributed by atoms with Crippen molar-refractivity contribution in [3.05, 3.63) is 80.5 Å². The lowest BCUT2D eigenvalue weighted by Gasteiger charge is -2.07. The Kier molecular flexibility index (Phi) is 3.85. The predicted molar refractivity (Wildman–Crippen MR) is 87.3 cm³/mol. The summed E-state index contributed by atoms with van der Waals surface area (Å²) in [7, 11) is 0. The maximum absolute atomic E-state index is 11.8. The summed E-state index contributed by atoms with van der Waals surface area (Å²) in [5.74, 6) is 0. The highest BCUT2D eigenvalue weighted by Crippen LogP contribution is 2.25. The van der Waals surface area contributed by atoms with Gasteiger partial charge in [0, 0.05) is 21.6 Å². The molecule has 0 aliphatic heterocycles. The van der Waals surface area contributed by atoms with Gasteiger partial charge in [-0.05, 0) is 50.6 Å². The Morgan fingerprint density at radius 1 is 1.10 bits per heavy atom. The molecule has 0 fully saturated rings. The molecule has 20 heavy (non-hydrogen) atoms. The van der Waals surface area contributed by atoms with E-state index in [-0.39, 0.29) is 5.56 Å². The number of hydrogen-bond donors (Lipinski definition) is 0. The number of hydrogen-bond acceptors (Lipinski definition) is 2. The third-order valence-corrected chi connectivity index (χ3v) is 4.42. The third kappa shape index (κ3) is 2.92. The minimum Gasteiger partial charge on any atom is -0.310 e. The Morgan fingerprint density at radius 2 is 2.00 bits per heavy atom. The molecule has 0 aliphatic rings. The third-order valence-electron chi connectivity index (χ3n) is 3.03. The van der Waals surface area contributed by atoms with Crippen molar-refractivity contribution in [3.8, 4) is 10.4 Å². The average molecular weight is 346 g/mol. The number of rotatable bonds is 3. The smallest absolute Gasteiger partial charge is 0.250 e. The van der Waals surface area contributed by atoms with Crippen LogP contribution in [0.1, 0.15) is 5.56 Å². The monoisotopic (exact) mass is 345 g/mol. The van der Waals surface area contributed by atoms with Gasteiger partial charge in [-0.15, -0.1) is 11.3 Å². The molecule has 0 unspecified atom stereocenters. The Balaban J connectivity index is 1.94. The average Bonchev–Trinajstić information content (AvgIpc) is 2.97. The molecule has 2 heterocycles. The van der Waals surface area contributed by atoms with Crippen molar-refractivity contribution < 1.29 is 0 Å². The maximum Gasteiger partial charge on any atom is 0.250 e. The van der Waals surface area contributed by atoms with Crippen LogP contribution in [0.4, 0.5) is 0 Å². The number of halogens is 1. The van der Waals surface area contributed by atoms with Gasteiger partial charge in [0.1, 0.15) is 0 Å². The van der Waals surface area contributed by atoms with E-state index in [2.05, 4.69) is 39.5 Å². The van der Waals surface area contributed by atoms with Crippen LogP contribution >= 0.6 is 27.3 Å². The number of nitrogens with zero attached hydrogens (tertiary/aromatic N) is 1. The topological polar surface area (TPSA) is 22.0 Å². The van der Waals surface area contributed by atoms with Crippen molar-refractivity contribution >= 4 is 27.3 Å². The molecule has 1 aromatic carbocycles. The van der Waals surface area contributed by atoms with Crippen LogP contribution in [-0.4, -0.2) is 4.57 Å². The molecule has 3 rings (SSSR count). The minimum absolute atomic E-state index is 0.00901. The van der Waals surface area contributed by atoms with Crippen molar-refractivity contribution in [3.63, 3.8) is 0 Å². The van der Waals surface area contributed by atoms with Crippen molar-refractivity contribution in [1.29, 1.82) is 0 Å². The molecular weight excluding hydrogens is 334 g/mol. The second-order valence-electron chi connectivity index (χ2n) is 4.49. The van der Waals surface area contributed by atoms with E-state index < -0.39 is 0 Å². The van der Waals surface area contributed by atoms with E-state index in [1.54, 1.807) is 28.0 Å². The van der Waals surface area contributed by atoms with Crippen LogP contribution in [-0.2, 0) is 6.54 Å². The van der Waals surface area contributed by atoms with E-state index in [1.165, 1.54) is 10.4 Å². The van der Waals surface area contributed by atoms with Crippen molar-refractivity contribution in [2.24, 2.45) is 0 Å². The Hall–Kier alpha value is -1.65. The fourth-order valence-corrected chi connectivity index (χ4v) is 3.19. The van der Waals surface area contributed by atoms with Gasteiger partial charge in [-0.3, -0.25) is 4.79 Å².